The molecule has 0 heterocycles. The Morgan fingerprint density at radius 2 is 0.846 bits per heavy atom. The van der Waals surface area contributed by atoms with E-state index in [1.807, 2.05) is 0 Å². The van der Waals surface area contributed by atoms with Crippen LogP contribution in [0.4, 0.5) is 0 Å². The zero-order valence-electron chi connectivity index (χ0n) is 13.8. The largest absolute Gasteiger partial charge is 0.289 e. The van der Waals surface area contributed by atoms with E-state index in [2.05, 4.69) is 0 Å². The Hall–Kier alpha value is -3.40. The molecule has 0 N–H and O–H groups in total. The predicted molar refractivity (Wildman–Crippen MR) is 95.6 cm³/mol. The lowest BCUT2D eigenvalue weighted by Crippen LogP contribution is -2.19. The van der Waals surface area contributed by atoms with Gasteiger partial charge in [0.2, 0.25) is 0 Å². The number of hydrogen-bond donors (Lipinski definition) is 0. The number of carbonyl (C=O) groups excluding carboxylic acids is 4. The van der Waals surface area contributed by atoms with Crippen molar-refractivity contribution in [2.75, 3.05) is 0 Å². The monoisotopic (exact) mass is 342 g/mol. The van der Waals surface area contributed by atoms with Gasteiger partial charge in [-0.05, 0) is 25.0 Å². The van der Waals surface area contributed by atoms with Gasteiger partial charge < -0.3 is 0 Å². The Kier molecular flexibility index (Phi) is 3.81. The van der Waals surface area contributed by atoms with Gasteiger partial charge in [-0.15, -0.1) is 0 Å². The third-order valence-electron chi connectivity index (χ3n) is 4.73. The van der Waals surface area contributed by atoms with Gasteiger partial charge in [0.15, 0.2) is 23.1 Å². The van der Waals surface area contributed by atoms with E-state index in [4.69, 9.17) is 0 Å². The molecule has 0 aliphatic heterocycles. The van der Waals surface area contributed by atoms with Gasteiger partial charge in [0, 0.05) is 33.4 Å². The first kappa shape index (κ1) is 16.1. The molecule has 4 rings (SSSR count). The van der Waals surface area contributed by atoms with Crippen molar-refractivity contribution in [1.29, 1.82) is 0 Å². The minimum absolute atomic E-state index is 0.198. The predicted octanol–water partition coefficient (Wildman–Crippen LogP) is 3.78. The van der Waals surface area contributed by atoms with E-state index in [9.17, 15) is 19.2 Å². The number of rotatable bonds is 3. The van der Waals surface area contributed by atoms with Gasteiger partial charge >= 0.3 is 0 Å². The highest BCUT2D eigenvalue weighted by Gasteiger charge is 2.28. The van der Waals surface area contributed by atoms with E-state index in [0.29, 0.717) is 33.4 Å². The Bertz CT molecular complexity index is 968. The number of ketones is 4. The third-order valence-corrected chi connectivity index (χ3v) is 4.73. The molecule has 2 aromatic rings. The molecular weight excluding hydrogens is 328 g/mol. The van der Waals surface area contributed by atoms with E-state index < -0.39 is 0 Å². The molecule has 0 aromatic heterocycles. The van der Waals surface area contributed by atoms with Crippen molar-refractivity contribution >= 4 is 23.1 Å². The lowest BCUT2D eigenvalue weighted by atomic mass is 9.84. The molecule has 26 heavy (non-hydrogen) atoms. The molecule has 0 saturated carbocycles. The summed E-state index contributed by atoms with van der Waals surface area (Å²) in [6.07, 6.45) is 3.17. The molecular formula is C22H14O4. The molecule has 4 heteroatoms. The number of hydrogen-bond acceptors (Lipinski definition) is 4. The van der Waals surface area contributed by atoms with Crippen molar-refractivity contribution in [1.82, 2.24) is 0 Å². The number of carbonyl (C=O) groups is 4. The molecule has 0 spiro atoms. The fourth-order valence-corrected chi connectivity index (χ4v) is 3.38. The maximum absolute atomic E-state index is 12.6. The summed E-state index contributed by atoms with van der Waals surface area (Å²) in [7, 11) is 0. The van der Waals surface area contributed by atoms with Crippen molar-refractivity contribution in [3.8, 4) is 0 Å². The van der Waals surface area contributed by atoms with E-state index in [0.717, 1.165) is 0 Å². The molecule has 0 amide bonds. The summed E-state index contributed by atoms with van der Waals surface area (Å²) in [6.45, 7) is 0. The molecule has 0 saturated heterocycles. The average Bonchev–Trinajstić information content (AvgIpc) is 2.67. The highest BCUT2D eigenvalue weighted by atomic mass is 16.1. The molecule has 126 valence electrons. The van der Waals surface area contributed by atoms with E-state index in [-0.39, 0.29) is 36.0 Å². The first-order valence-electron chi connectivity index (χ1n) is 8.33. The summed E-state index contributed by atoms with van der Waals surface area (Å²) in [4.78, 5) is 49.6. The second-order valence-electron chi connectivity index (χ2n) is 6.32. The summed E-state index contributed by atoms with van der Waals surface area (Å²) in [5, 5.41) is 0. The quantitative estimate of drug-likeness (QED) is 0.851. The topological polar surface area (TPSA) is 68.3 Å². The van der Waals surface area contributed by atoms with Crippen LogP contribution in [0.5, 0.6) is 0 Å². The fourth-order valence-electron chi connectivity index (χ4n) is 3.38. The molecule has 0 unspecified atom stereocenters. The molecule has 2 aromatic carbocycles. The summed E-state index contributed by atoms with van der Waals surface area (Å²) < 4.78 is 0. The molecule has 0 radical (unpaired) electrons. The van der Waals surface area contributed by atoms with Gasteiger partial charge in [-0.3, -0.25) is 19.2 Å². The first-order valence-corrected chi connectivity index (χ1v) is 8.33. The number of fused-ring (bicyclic) bond motifs is 2. The normalized spacial score (nSPS) is 16.0. The van der Waals surface area contributed by atoms with Gasteiger partial charge in [0.25, 0.3) is 0 Å². The van der Waals surface area contributed by atoms with Crippen LogP contribution >= 0.6 is 0 Å². The van der Waals surface area contributed by atoms with E-state index >= 15 is 0 Å². The lowest BCUT2D eigenvalue weighted by molar-refractivity contribution is 0.0975. The standard InChI is InChI=1S/C22H14O4/c23-19-11-13(21(25)17-7-3-1-5-15(17)19)9-10-14-12-20(24)16-6-2-4-8-18(16)22(14)26/h1-8,11-12H,9-10H2. The second-order valence-corrected chi connectivity index (χ2v) is 6.32. The molecule has 0 bridgehead atoms. The molecule has 2 aliphatic rings. The van der Waals surface area contributed by atoms with Crippen molar-refractivity contribution in [3.05, 3.63) is 94.1 Å². The van der Waals surface area contributed by atoms with Crippen LogP contribution in [0.2, 0.25) is 0 Å². The zero-order valence-corrected chi connectivity index (χ0v) is 13.8. The molecule has 0 fully saturated rings. The molecule has 2 aliphatic carbocycles. The van der Waals surface area contributed by atoms with Crippen LogP contribution in [-0.2, 0) is 0 Å². The SMILES string of the molecule is O=C1C=C(CCC2=CC(=O)c3ccccc3C2=O)C(=O)c2ccccc21. The van der Waals surface area contributed by atoms with Crippen LogP contribution in [0.25, 0.3) is 0 Å². The van der Waals surface area contributed by atoms with Gasteiger partial charge in [-0.1, -0.05) is 48.5 Å². The van der Waals surface area contributed by atoms with Crippen LogP contribution < -0.4 is 0 Å². The average molecular weight is 342 g/mol. The second kappa shape index (κ2) is 6.15. The van der Waals surface area contributed by atoms with Crippen molar-refractivity contribution < 1.29 is 19.2 Å². The minimum atomic E-state index is -0.208. The first-order chi connectivity index (χ1) is 12.6. The van der Waals surface area contributed by atoms with Crippen LogP contribution in [0, 0.1) is 0 Å². The smallest absolute Gasteiger partial charge is 0.189 e. The highest BCUT2D eigenvalue weighted by Crippen LogP contribution is 2.28. The van der Waals surface area contributed by atoms with Crippen molar-refractivity contribution in [2.45, 2.75) is 12.8 Å². The summed E-state index contributed by atoms with van der Waals surface area (Å²) in [5.74, 6) is -0.812. The van der Waals surface area contributed by atoms with Gasteiger partial charge in [0.1, 0.15) is 0 Å². The summed E-state index contributed by atoms with van der Waals surface area (Å²) in [6, 6.07) is 13.4. The number of benzene rings is 2. The highest BCUT2D eigenvalue weighted by molar-refractivity contribution is 6.25. The van der Waals surface area contributed by atoms with Crippen LogP contribution in [-0.4, -0.2) is 23.1 Å². The Morgan fingerprint density at radius 3 is 1.23 bits per heavy atom. The maximum Gasteiger partial charge on any atom is 0.189 e. The van der Waals surface area contributed by atoms with Gasteiger partial charge in [0.05, 0.1) is 0 Å². The Morgan fingerprint density at radius 1 is 0.500 bits per heavy atom. The fraction of sp³-hybridized carbons (Fsp3) is 0.0909. The maximum atomic E-state index is 12.6. The lowest BCUT2D eigenvalue weighted by Gasteiger charge is -2.17. The molecule has 4 nitrogen and oxygen atoms in total. The van der Waals surface area contributed by atoms with Crippen LogP contribution in [0.3, 0.4) is 0 Å². The van der Waals surface area contributed by atoms with E-state index in [1.54, 1.807) is 48.5 Å². The van der Waals surface area contributed by atoms with Crippen LogP contribution in [0.1, 0.15) is 54.3 Å². The van der Waals surface area contributed by atoms with Gasteiger partial charge in [-0.2, -0.15) is 0 Å². The molecule has 0 atom stereocenters. The third kappa shape index (κ3) is 2.56. The minimum Gasteiger partial charge on any atom is -0.289 e. The van der Waals surface area contributed by atoms with Crippen molar-refractivity contribution in [3.63, 3.8) is 0 Å². The summed E-state index contributed by atoms with van der Waals surface area (Å²) >= 11 is 0. The Labute approximate surface area is 149 Å². The zero-order chi connectivity index (χ0) is 18.3. The Balaban J connectivity index is 1.57. The van der Waals surface area contributed by atoms with E-state index in [1.165, 1.54) is 12.2 Å². The van der Waals surface area contributed by atoms with Gasteiger partial charge in [-0.25, -0.2) is 0 Å². The number of Topliss-reactive ketones (excluding diaryl/α,β-unsaturated/α-hetero) is 2. The summed E-state index contributed by atoms with van der Waals surface area (Å²) in [5.41, 5.74) is 2.32. The number of allylic oxidation sites excluding steroid dienone is 4. The van der Waals surface area contributed by atoms with Crippen molar-refractivity contribution in [2.24, 2.45) is 0 Å². The van der Waals surface area contributed by atoms with Crippen LogP contribution in [0.15, 0.2) is 71.8 Å².